The lowest BCUT2D eigenvalue weighted by molar-refractivity contribution is 0.102. The Kier molecular flexibility index (Phi) is 4.62. The van der Waals surface area contributed by atoms with Crippen molar-refractivity contribution in [2.24, 2.45) is 0 Å². The van der Waals surface area contributed by atoms with Crippen LogP contribution in [0.25, 0.3) is 0 Å². The zero-order valence-corrected chi connectivity index (χ0v) is 12.9. The molecule has 3 aromatic rings. The Morgan fingerprint density at radius 2 is 1.96 bits per heavy atom. The van der Waals surface area contributed by atoms with E-state index in [1.807, 2.05) is 6.07 Å². The van der Waals surface area contributed by atoms with Crippen molar-refractivity contribution >= 4 is 23.2 Å². The Morgan fingerprint density at radius 3 is 2.76 bits per heavy atom. The molecule has 1 aromatic heterocycles. The second-order valence-corrected chi connectivity index (χ2v) is 5.02. The summed E-state index contributed by atoms with van der Waals surface area (Å²) in [5.41, 5.74) is 1.25. The minimum Gasteiger partial charge on any atom is -0.324 e. The smallest absolute Gasteiger partial charge is 0.274 e. The average molecular weight is 333 g/mol. The van der Waals surface area contributed by atoms with Gasteiger partial charge in [-0.3, -0.25) is 4.79 Å². The number of anilines is 3. The van der Waals surface area contributed by atoms with Gasteiger partial charge in [-0.1, -0.05) is 18.2 Å². The van der Waals surface area contributed by atoms with Gasteiger partial charge in [0.15, 0.2) is 0 Å². The number of hydrogen-bond acceptors (Lipinski definition) is 5. The second kappa shape index (κ2) is 7.19. The van der Waals surface area contributed by atoms with Crippen LogP contribution >= 0.6 is 0 Å². The third kappa shape index (κ3) is 3.95. The van der Waals surface area contributed by atoms with Crippen LogP contribution in [0, 0.1) is 17.1 Å². The zero-order valence-electron chi connectivity index (χ0n) is 12.9. The number of para-hydroxylation sites is 1. The van der Waals surface area contributed by atoms with Crippen molar-refractivity contribution in [3.05, 3.63) is 77.9 Å². The highest BCUT2D eigenvalue weighted by molar-refractivity contribution is 6.03. The largest absolute Gasteiger partial charge is 0.324 e. The molecule has 0 saturated heterocycles. The first-order valence-electron chi connectivity index (χ1n) is 7.32. The lowest BCUT2D eigenvalue weighted by Crippen LogP contribution is -2.15. The SMILES string of the molecule is N#Cc1cccc(Nc2nccc(C(=O)Nc3ccccc3F)n2)c1. The number of nitrogens with one attached hydrogen (secondary N) is 2. The molecule has 0 atom stereocenters. The molecule has 2 N–H and O–H groups in total. The summed E-state index contributed by atoms with van der Waals surface area (Å²) in [5, 5.41) is 14.3. The molecule has 0 bridgehead atoms. The van der Waals surface area contributed by atoms with Crippen LogP contribution in [0.3, 0.4) is 0 Å². The molecule has 7 heteroatoms. The number of halogens is 1. The summed E-state index contributed by atoms with van der Waals surface area (Å²) in [6, 6.07) is 16.1. The highest BCUT2D eigenvalue weighted by Crippen LogP contribution is 2.16. The van der Waals surface area contributed by atoms with Crippen molar-refractivity contribution in [1.82, 2.24) is 9.97 Å². The van der Waals surface area contributed by atoms with Crippen LogP contribution in [0.5, 0.6) is 0 Å². The molecule has 3 rings (SSSR count). The van der Waals surface area contributed by atoms with E-state index in [9.17, 15) is 9.18 Å². The van der Waals surface area contributed by atoms with Gasteiger partial charge in [0.1, 0.15) is 11.5 Å². The summed E-state index contributed by atoms with van der Waals surface area (Å²) in [6.45, 7) is 0. The summed E-state index contributed by atoms with van der Waals surface area (Å²) >= 11 is 0. The van der Waals surface area contributed by atoms with Crippen LogP contribution in [0.2, 0.25) is 0 Å². The molecule has 1 amide bonds. The third-order valence-corrected chi connectivity index (χ3v) is 3.26. The molecular weight excluding hydrogens is 321 g/mol. The minimum absolute atomic E-state index is 0.0716. The highest BCUT2D eigenvalue weighted by Gasteiger charge is 2.11. The van der Waals surface area contributed by atoms with Crippen molar-refractivity contribution in [2.45, 2.75) is 0 Å². The van der Waals surface area contributed by atoms with E-state index in [4.69, 9.17) is 5.26 Å². The van der Waals surface area contributed by atoms with Gasteiger partial charge in [-0.25, -0.2) is 14.4 Å². The number of nitriles is 1. The number of carbonyl (C=O) groups excluding carboxylic acids is 1. The third-order valence-electron chi connectivity index (χ3n) is 3.26. The molecule has 0 fully saturated rings. The molecule has 25 heavy (non-hydrogen) atoms. The Morgan fingerprint density at radius 1 is 1.12 bits per heavy atom. The maximum absolute atomic E-state index is 13.6. The first-order valence-corrected chi connectivity index (χ1v) is 7.32. The van der Waals surface area contributed by atoms with Gasteiger partial charge in [-0.05, 0) is 36.4 Å². The van der Waals surface area contributed by atoms with Gasteiger partial charge in [0.2, 0.25) is 5.95 Å². The molecule has 0 spiro atoms. The normalized spacial score (nSPS) is 9.92. The number of benzene rings is 2. The fraction of sp³-hybridized carbons (Fsp3) is 0. The number of aromatic nitrogens is 2. The van der Waals surface area contributed by atoms with Crippen LogP contribution in [0.1, 0.15) is 16.1 Å². The van der Waals surface area contributed by atoms with Gasteiger partial charge in [-0.2, -0.15) is 5.26 Å². The molecule has 1 heterocycles. The van der Waals surface area contributed by atoms with Crippen LogP contribution < -0.4 is 10.6 Å². The van der Waals surface area contributed by atoms with Gasteiger partial charge in [0.25, 0.3) is 5.91 Å². The molecule has 6 nitrogen and oxygen atoms in total. The molecule has 0 unspecified atom stereocenters. The number of amides is 1. The molecule has 0 aliphatic heterocycles. The van der Waals surface area contributed by atoms with Crippen LogP contribution in [-0.4, -0.2) is 15.9 Å². The monoisotopic (exact) mass is 333 g/mol. The fourth-order valence-electron chi connectivity index (χ4n) is 2.09. The fourth-order valence-corrected chi connectivity index (χ4v) is 2.09. The lowest BCUT2D eigenvalue weighted by Gasteiger charge is -2.08. The van der Waals surface area contributed by atoms with E-state index in [0.29, 0.717) is 11.3 Å². The summed E-state index contributed by atoms with van der Waals surface area (Å²) in [4.78, 5) is 20.4. The Labute approximate surface area is 143 Å². The van der Waals surface area contributed by atoms with E-state index in [-0.39, 0.29) is 17.3 Å². The summed E-state index contributed by atoms with van der Waals surface area (Å²) in [5.74, 6) is -0.894. The molecule has 122 valence electrons. The second-order valence-electron chi connectivity index (χ2n) is 5.02. The van der Waals surface area contributed by atoms with E-state index in [1.165, 1.54) is 30.5 Å². The van der Waals surface area contributed by atoms with Gasteiger partial charge >= 0.3 is 0 Å². The Hall–Kier alpha value is -3.79. The molecule has 0 aliphatic rings. The average Bonchev–Trinajstić information content (AvgIpc) is 2.64. The number of carbonyl (C=O) groups is 1. The highest BCUT2D eigenvalue weighted by atomic mass is 19.1. The standard InChI is InChI=1S/C18H12FN5O/c19-14-6-1-2-7-15(14)23-17(25)16-8-9-21-18(24-16)22-13-5-3-4-12(10-13)11-20/h1-10H,(H,23,25)(H,21,22,24). The van der Waals surface area contributed by atoms with Gasteiger partial charge in [-0.15, -0.1) is 0 Å². The first kappa shape index (κ1) is 16.1. The van der Waals surface area contributed by atoms with Crippen molar-refractivity contribution < 1.29 is 9.18 Å². The first-order chi connectivity index (χ1) is 12.2. The minimum atomic E-state index is -0.554. The summed E-state index contributed by atoms with van der Waals surface area (Å²) in [7, 11) is 0. The van der Waals surface area contributed by atoms with Crippen molar-refractivity contribution in [2.75, 3.05) is 10.6 Å². The van der Waals surface area contributed by atoms with E-state index in [2.05, 4.69) is 20.6 Å². The van der Waals surface area contributed by atoms with Crippen LogP contribution in [0.4, 0.5) is 21.7 Å². The summed E-state index contributed by atoms with van der Waals surface area (Å²) < 4.78 is 13.6. The Balaban J connectivity index is 1.78. The Bertz CT molecular complexity index is 967. The predicted octanol–water partition coefficient (Wildman–Crippen LogP) is 3.48. The quantitative estimate of drug-likeness (QED) is 0.763. The predicted molar refractivity (Wildman–Crippen MR) is 90.8 cm³/mol. The number of rotatable bonds is 4. The van der Waals surface area contributed by atoms with Gasteiger partial charge in [0, 0.05) is 11.9 Å². The number of hydrogen-bond donors (Lipinski definition) is 2. The van der Waals surface area contributed by atoms with E-state index in [1.54, 1.807) is 30.3 Å². The van der Waals surface area contributed by atoms with Crippen molar-refractivity contribution in [1.29, 1.82) is 5.26 Å². The summed E-state index contributed by atoms with van der Waals surface area (Å²) in [6.07, 6.45) is 1.42. The maximum atomic E-state index is 13.6. The lowest BCUT2D eigenvalue weighted by atomic mass is 10.2. The van der Waals surface area contributed by atoms with Gasteiger partial charge in [0.05, 0.1) is 17.3 Å². The van der Waals surface area contributed by atoms with E-state index in [0.717, 1.165) is 0 Å². The van der Waals surface area contributed by atoms with Crippen molar-refractivity contribution in [3.63, 3.8) is 0 Å². The molecular formula is C18H12FN5O. The zero-order chi connectivity index (χ0) is 17.6. The van der Waals surface area contributed by atoms with Crippen molar-refractivity contribution in [3.8, 4) is 6.07 Å². The van der Waals surface area contributed by atoms with Crippen LogP contribution in [0.15, 0.2) is 60.8 Å². The van der Waals surface area contributed by atoms with Gasteiger partial charge < -0.3 is 10.6 Å². The van der Waals surface area contributed by atoms with E-state index >= 15 is 0 Å². The molecule has 0 aliphatic carbocycles. The number of nitrogens with zero attached hydrogens (tertiary/aromatic N) is 3. The maximum Gasteiger partial charge on any atom is 0.274 e. The molecule has 0 radical (unpaired) electrons. The molecule has 0 saturated carbocycles. The topological polar surface area (TPSA) is 90.7 Å². The van der Waals surface area contributed by atoms with Crippen LogP contribution in [-0.2, 0) is 0 Å². The molecule has 2 aromatic carbocycles. The van der Waals surface area contributed by atoms with E-state index < -0.39 is 11.7 Å².